The molecule has 0 bridgehead atoms. The van der Waals surface area contributed by atoms with E-state index in [1.165, 1.54) is 6.20 Å². The Bertz CT molecular complexity index is 421. The molecule has 4 atom stereocenters. The van der Waals surface area contributed by atoms with Crippen LogP contribution in [0.5, 0.6) is 0 Å². The molecular weight excluding hydrogens is 230 g/mol. The third-order valence-electron chi connectivity index (χ3n) is 2.66. The van der Waals surface area contributed by atoms with E-state index in [1.54, 1.807) is 0 Å². The van der Waals surface area contributed by atoms with E-state index in [0.717, 1.165) is 0 Å². The summed E-state index contributed by atoms with van der Waals surface area (Å²) in [7, 11) is 0. The molecular formula is C9H13N3O5. The van der Waals surface area contributed by atoms with Gasteiger partial charge in [0.15, 0.2) is 0 Å². The smallest absolute Gasteiger partial charge is 0.268 e. The van der Waals surface area contributed by atoms with Crippen molar-refractivity contribution in [3.63, 3.8) is 0 Å². The highest BCUT2D eigenvalue weighted by molar-refractivity contribution is 5.90. The molecule has 0 saturated carbocycles. The van der Waals surface area contributed by atoms with E-state index in [4.69, 9.17) is 15.6 Å². The first-order valence-corrected chi connectivity index (χ1v) is 5.02. The van der Waals surface area contributed by atoms with Crippen LogP contribution in [-0.4, -0.2) is 56.1 Å². The van der Waals surface area contributed by atoms with Gasteiger partial charge in [-0.05, 0) is 0 Å². The summed E-state index contributed by atoms with van der Waals surface area (Å²) in [5, 5.41) is 28.1. The zero-order valence-corrected chi connectivity index (χ0v) is 8.78. The van der Waals surface area contributed by atoms with E-state index >= 15 is 0 Å². The molecule has 1 aromatic heterocycles. The van der Waals surface area contributed by atoms with Gasteiger partial charge >= 0.3 is 0 Å². The van der Waals surface area contributed by atoms with E-state index in [2.05, 4.69) is 9.97 Å². The fraction of sp³-hybridized carbons (Fsp3) is 0.556. The molecule has 2 rings (SSSR count). The summed E-state index contributed by atoms with van der Waals surface area (Å²) in [6, 6.07) is 0. The van der Waals surface area contributed by atoms with Gasteiger partial charge in [-0.1, -0.05) is 0 Å². The summed E-state index contributed by atoms with van der Waals surface area (Å²) in [4.78, 5) is 17.3. The molecule has 0 radical (unpaired) electrons. The van der Waals surface area contributed by atoms with Gasteiger partial charge in [0.1, 0.15) is 35.9 Å². The number of aliphatic hydroxyl groups excluding tert-OH is 3. The number of aromatic nitrogens is 2. The number of aromatic amines is 1. The van der Waals surface area contributed by atoms with Crippen molar-refractivity contribution in [3.8, 4) is 0 Å². The second-order valence-corrected chi connectivity index (χ2v) is 3.79. The molecule has 0 aliphatic carbocycles. The minimum Gasteiger partial charge on any atom is -0.394 e. The van der Waals surface area contributed by atoms with Crippen LogP contribution in [0.3, 0.4) is 0 Å². The van der Waals surface area contributed by atoms with E-state index in [0.29, 0.717) is 0 Å². The monoisotopic (exact) mass is 243 g/mol. The number of rotatable bonds is 3. The first-order valence-electron chi connectivity index (χ1n) is 5.02. The number of imidazole rings is 1. The average molecular weight is 243 g/mol. The zero-order chi connectivity index (χ0) is 12.6. The molecule has 0 spiro atoms. The Morgan fingerprint density at radius 3 is 2.71 bits per heavy atom. The van der Waals surface area contributed by atoms with Crippen LogP contribution < -0.4 is 5.73 Å². The summed E-state index contributed by atoms with van der Waals surface area (Å²) in [5.74, 6) is -0.527. The molecule has 1 saturated heterocycles. The van der Waals surface area contributed by atoms with Crippen molar-refractivity contribution in [2.75, 3.05) is 6.61 Å². The summed E-state index contributed by atoms with van der Waals surface area (Å²) < 4.78 is 5.22. The van der Waals surface area contributed by atoms with Crippen molar-refractivity contribution < 1.29 is 24.9 Å². The molecule has 1 aliphatic rings. The summed E-state index contributed by atoms with van der Waals surface area (Å²) >= 11 is 0. The highest BCUT2D eigenvalue weighted by Gasteiger charge is 2.44. The predicted molar refractivity (Wildman–Crippen MR) is 53.8 cm³/mol. The Morgan fingerprint density at radius 2 is 2.24 bits per heavy atom. The van der Waals surface area contributed by atoms with Crippen molar-refractivity contribution in [2.24, 2.45) is 5.73 Å². The number of H-pyrrole nitrogens is 1. The number of carbonyl (C=O) groups is 1. The quantitative estimate of drug-likeness (QED) is 0.403. The van der Waals surface area contributed by atoms with E-state index in [1.807, 2.05) is 0 Å². The molecule has 1 aliphatic heterocycles. The van der Waals surface area contributed by atoms with Crippen molar-refractivity contribution in [1.29, 1.82) is 0 Å². The minimum absolute atomic E-state index is 0.0118. The highest BCUT2D eigenvalue weighted by Crippen LogP contribution is 2.31. The molecule has 8 nitrogen and oxygen atoms in total. The van der Waals surface area contributed by atoms with E-state index in [9.17, 15) is 15.0 Å². The van der Waals surface area contributed by atoms with Gasteiger partial charge < -0.3 is 30.8 Å². The fourth-order valence-electron chi connectivity index (χ4n) is 1.73. The van der Waals surface area contributed by atoms with Crippen LogP contribution in [0.25, 0.3) is 0 Å². The number of ether oxygens (including phenoxy) is 1. The molecule has 17 heavy (non-hydrogen) atoms. The number of primary amides is 1. The van der Waals surface area contributed by atoms with Crippen molar-refractivity contribution in [3.05, 3.63) is 17.7 Å². The summed E-state index contributed by atoms with van der Waals surface area (Å²) in [6.07, 6.45) is -2.94. The lowest BCUT2D eigenvalue weighted by atomic mass is 10.1. The van der Waals surface area contributed by atoms with Crippen LogP contribution in [-0.2, 0) is 4.74 Å². The normalized spacial score (nSPS) is 32.9. The number of amides is 1. The third-order valence-corrected chi connectivity index (χ3v) is 2.66. The Kier molecular flexibility index (Phi) is 3.11. The number of nitrogens with one attached hydrogen (secondary N) is 1. The van der Waals surface area contributed by atoms with Crippen LogP contribution in [0.1, 0.15) is 22.4 Å². The number of nitrogens with zero attached hydrogens (tertiary/aromatic N) is 1. The Hall–Kier alpha value is -1.48. The van der Waals surface area contributed by atoms with Crippen LogP contribution in [0, 0.1) is 0 Å². The van der Waals surface area contributed by atoms with Gasteiger partial charge in [-0.15, -0.1) is 0 Å². The molecule has 1 aromatic rings. The molecule has 94 valence electrons. The van der Waals surface area contributed by atoms with Gasteiger partial charge in [0.25, 0.3) is 5.91 Å². The topological polar surface area (TPSA) is 142 Å². The minimum atomic E-state index is -1.22. The lowest BCUT2D eigenvalue weighted by Gasteiger charge is -2.11. The maximum Gasteiger partial charge on any atom is 0.268 e. The van der Waals surface area contributed by atoms with Gasteiger partial charge in [0.05, 0.1) is 6.61 Å². The van der Waals surface area contributed by atoms with Gasteiger partial charge in [0, 0.05) is 6.20 Å². The molecule has 0 aromatic carbocycles. The Labute approximate surface area is 96.0 Å². The average Bonchev–Trinajstić information content (AvgIpc) is 2.87. The SMILES string of the molecule is NC(=O)c1c[nH]c(C2O[C@H](CO)[C@@H](O)[C@H]2O)n1. The lowest BCUT2D eigenvalue weighted by Crippen LogP contribution is -2.32. The largest absolute Gasteiger partial charge is 0.394 e. The van der Waals surface area contributed by atoms with Crippen LogP contribution >= 0.6 is 0 Å². The second-order valence-electron chi connectivity index (χ2n) is 3.79. The zero-order valence-electron chi connectivity index (χ0n) is 8.78. The highest BCUT2D eigenvalue weighted by atomic mass is 16.6. The van der Waals surface area contributed by atoms with Gasteiger partial charge in [-0.2, -0.15) is 0 Å². The molecule has 1 amide bonds. The number of hydrogen-bond donors (Lipinski definition) is 5. The van der Waals surface area contributed by atoms with Crippen LogP contribution in [0.15, 0.2) is 6.20 Å². The lowest BCUT2D eigenvalue weighted by molar-refractivity contribution is -0.0250. The first-order chi connectivity index (χ1) is 8.04. The number of aliphatic hydroxyl groups is 3. The van der Waals surface area contributed by atoms with Crippen molar-refractivity contribution in [2.45, 2.75) is 24.4 Å². The summed E-state index contributed by atoms with van der Waals surface area (Å²) in [5.41, 5.74) is 5.04. The van der Waals surface area contributed by atoms with E-state index in [-0.39, 0.29) is 11.5 Å². The molecule has 1 fully saturated rings. The third kappa shape index (κ3) is 2.03. The van der Waals surface area contributed by atoms with Crippen molar-refractivity contribution >= 4 is 5.91 Å². The number of hydrogen-bond acceptors (Lipinski definition) is 6. The van der Waals surface area contributed by atoms with Gasteiger partial charge in [0.2, 0.25) is 0 Å². The molecule has 1 unspecified atom stereocenters. The molecule has 2 heterocycles. The maximum atomic E-state index is 10.8. The number of carbonyl (C=O) groups excluding carboxylic acids is 1. The predicted octanol–water partition coefficient (Wildman–Crippen LogP) is -2.34. The van der Waals surface area contributed by atoms with Gasteiger partial charge in [-0.3, -0.25) is 4.79 Å². The molecule has 6 N–H and O–H groups in total. The van der Waals surface area contributed by atoms with Gasteiger partial charge in [-0.25, -0.2) is 4.98 Å². The fourth-order valence-corrected chi connectivity index (χ4v) is 1.73. The Morgan fingerprint density at radius 1 is 1.53 bits per heavy atom. The first kappa shape index (κ1) is 12.0. The second kappa shape index (κ2) is 4.41. The summed E-state index contributed by atoms with van der Waals surface area (Å²) in [6.45, 7) is -0.419. The molecule has 8 heteroatoms. The number of nitrogens with two attached hydrogens (primary N) is 1. The van der Waals surface area contributed by atoms with E-state index < -0.39 is 36.9 Å². The standard InChI is InChI=1S/C9H13N3O5/c10-8(16)3-1-11-9(12-3)7-6(15)5(14)4(2-13)17-7/h1,4-7,13-15H,2H2,(H2,10,16)(H,11,12)/t4-,5-,6-,7?/m1/s1. The Balaban J connectivity index is 2.19. The van der Waals surface area contributed by atoms with Crippen LogP contribution in [0.2, 0.25) is 0 Å². The van der Waals surface area contributed by atoms with Crippen molar-refractivity contribution in [1.82, 2.24) is 9.97 Å². The maximum absolute atomic E-state index is 10.8. The van der Waals surface area contributed by atoms with Crippen LogP contribution in [0.4, 0.5) is 0 Å².